The Bertz CT molecular complexity index is 1460. The number of nitrogens with zero attached hydrogens (tertiary/aromatic N) is 1. The number of unbranched alkanes of at least 4 members (excludes halogenated alkanes) is 38. The summed E-state index contributed by atoms with van der Waals surface area (Å²) < 4.78 is 30.4. The highest BCUT2D eigenvalue weighted by Crippen LogP contribution is 2.38. The van der Waals surface area contributed by atoms with Crippen molar-refractivity contribution in [3.05, 3.63) is 48.6 Å². The maximum atomic E-state index is 13.6. The molecule has 0 heterocycles. The smallest absolute Gasteiger partial charge is 0.306 e. The fourth-order valence-electron chi connectivity index (χ4n) is 9.61. The van der Waals surface area contributed by atoms with Crippen LogP contribution in [0.4, 0.5) is 0 Å². The van der Waals surface area contributed by atoms with Crippen molar-refractivity contribution < 1.29 is 37.3 Å². The molecule has 0 bridgehead atoms. The van der Waals surface area contributed by atoms with Gasteiger partial charge >= 0.3 is 5.97 Å². The SMILES string of the molecule is CCCCC/C=C\C/C=C\CCCCCCCCCCCC(=O)OC(/C=C/CCCCCCCCCCC)C(COP(=O)([O-])OCC[N+](C)(C)C)NC(=O)CCCCCCCCCCCCC/C=C/CCCCCCCC. The number of carbonyl (C=O) groups excluding carboxylic acids is 2. The van der Waals surface area contributed by atoms with Crippen molar-refractivity contribution >= 4 is 19.7 Å². The molecule has 452 valence electrons. The largest absolute Gasteiger partial charge is 0.756 e. The standard InChI is InChI=1S/C67H127N2O7P/c1-7-10-13-16-19-22-25-27-29-31-33-34-36-37-39-41-44-47-50-53-56-59-66(70)68-64(63-75-77(72,73)74-62-61-69(4,5)6)65(58-55-52-49-46-43-24-21-18-15-12-9-3)76-67(71)60-57-54-51-48-45-42-40-38-35-32-30-28-26-23-20-17-14-11-8-2/h20,23,27-30,55,58,64-65H,7-19,21-22,24-26,31-54,56-57,59-63H2,1-6H3,(H-,68,70,72,73)/b23-20-,29-27+,30-28-,58-55+. The Balaban J connectivity index is 5.13. The number of hydrogen-bond acceptors (Lipinski definition) is 7. The van der Waals surface area contributed by atoms with Crippen LogP contribution in [-0.4, -0.2) is 69.4 Å². The van der Waals surface area contributed by atoms with E-state index in [4.69, 9.17) is 13.8 Å². The van der Waals surface area contributed by atoms with Crippen molar-refractivity contribution in [2.75, 3.05) is 40.9 Å². The van der Waals surface area contributed by atoms with Gasteiger partial charge in [0.15, 0.2) is 0 Å². The summed E-state index contributed by atoms with van der Waals surface area (Å²) in [6.45, 7) is 6.84. The second-order valence-electron chi connectivity index (χ2n) is 23.6. The van der Waals surface area contributed by atoms with Crippen LogP contribution in [0.1, 0.15) is 316 Å². The number of phosphoric acid groups is 1. The van der Waals surface area contributed by atoms with Crippen molar-refractivity contribution in [2.24, 2.45) is 0 Å². The van der Waals surface area contributed by atoms with Crippen LogP contribution in [0.2, 0.25) is 0 Å². The van der Waals surface area contributed by atoms with Gasteiger partial charge in [-0.1, -0.05) is 262 Å². The number of nitrogens with one attached hydrogen (secondary N) is 1. The zero-order valence-corrected chi connectivity index (χ0v) is 52.6. The molecular formula is C67H127N2O7P. The Hall–Kier alpha value is -2.03. The maximum Gasteiger partial charge on any atom is 0.306 e. The lowest BCUT2D eigenvalue weighted by molar-refractivity contribution is -0.870. The summed E-state index contributed by atoms with van der Waals surface area (Å²) in [6.07, 6.45) is 70.8. The van der Waals surface area contributed by atoms with Gasteiger partial charge in [-0.25, -0.2) is 0 Å². The number of esters is 1. The number of likely N-dealkylation sites (N-methyl/N-ethyl adjacent to an activating group) is 1. The Labute approximate surface area is 478 Å². The molecule has 3 atom stereocenters. The van der Waals surface area contributed by atoms with Gasteiger partial charge in [-0.15, -0.1) is 0 Å². The maximum absolute atomic E-state index is 13.6. The first-order valence-electron chi connectivity index (χ1n) is 32.9. The van der Waals surface area contributed by atoms with Gasteiger partial charge in [0, 0.05) is 12.8 Å². The molecule has 0 aromatic rings. The molecule has 10 heteroatoms. The third-order valence-electron chi connectivity index (χ3n) is 14.7. The molecule has 0 saturated carbocycles. The molecule has 77 heavy (non-hydrogen) atoms. The summed E-state index contributed by atoms with van der Waals surface area (Å²) in [5.74, 6) is -0.537. The highest BCUT2D eigenvalue weighted by Gasteiger charge is 2.27. The van der Waals surface area contributed by atoms with Crippen LogP contribution in [0.5, 0.6) is 0 Å². The van der Waals surface area contributed by atoms with E-state index >= 15 is 0 Å². The van der Waals surface area contributed by atoms with Crippen molar-refractivity contribution in [2.45, 2.75) is 328 Å². The summed E-state index contributed by atoms with van der Waals surface area (Å²) in [4.78, 5) is 40.0. The minimum atomic E-state index is -4.70. The normalized spacial score (nSPS) is 13.9. The average Bonchev–Trinajstić information content (AvgIpc) is 3.39. The number of rotatable bonds is 60. The Morgan fingerprint density at radius 3 is 1.21 bits per heavy atom. The molecule has 1 amide bonds. The third-order valence-corrected chi connectivity index (χ3v) is 15.7. The van der Waals surface area contributed by atoms with Gasteiger partial charge in [0.2, 0.25) is 5.91 Å². The number of carbonyl (C=O) groups is 2. The fourth-order valence-corrected chi connectivity index (χ4v) is 10.3. The number of allylic oxidation sites excluding steroid dienone is 7. The van der Waals surface area contributed by atoms with Crippen LogP contribution >= 0.6 is 7.82 Å². The van der Waals surface area contributed by atoms with Gasteiger partial charge in [-0.05, 0) is 89.5 Å². The molecule has 9 nitrogen and oxygen atoms in total. The van der Waals surface area contributed by atoms with Crippen molar-refractivity contribution in [3.63, 3.8) is 0 Å². The van der Waals surface area contributed by atoms with Crippen molar-refractivity contribution in [1.82, 2.24) is 5.32 Å². The molecule has 0 aromatic heterocycles. The van der Waals surface area contributed by atoms with E-state index in [1.807, 2.05) is 33.3 Å². The predicted octanol–water partition coefficient (Wildman–Crippen LogP) is 19.8. The summed E-state index contributed by atoms with van der Waals surface area (Å²) in [7, 11) is 1.19. The molecule has 1 N–H and O–H groups in total. The Morgan fingerprint density at radius 1 is 0.455 bits per heavy atom. The lowest BCUT2D eigenvalue weighted by Crippen LogP contribution is -2.47. The zero-order valence-electron chi connectivity index (χ0n) is 51.7. The van der Waals surface area contributed by atoms with E-state index in [0.717, 1.165) is 64.2 Å². The minimum absolute atomic E-state index is 0.0224. The van der Waals surface area contributed by atoms with Gasteiger partial charge < -0.3 is 28.5 Å². The molecule has 0 rings (SSSR count). The molecule has 0 aliphatic carbocycles. The van der Waals surface area contributed by atoms with Gasteiger partial charge in [0.25, 0.3) is 7.82 Å². The zero-order chi connectivity index (χ0) is 56.4. The minimum Gasteiger partial charge on any atom is -0.756 e. The highest BCUT2D eigenvalue weighted by atomic mass is 31.2. The summed E-state index contributed by atoms with van der Waals surface area (Å²) in [6, 6.07) is -0.889. The van der Waals surface area contributed by atoms with Crippen LogP contribution < -0.4 is 10.2 Å². The number of amides is 1. The Morgan fingerprint density at radius 2 is 0.792 bits per heavy atom. The quantitative estimate of drug-likeness (QED) is 0.0212. The van der Waals surface area contributed by atoms with Crippen molar-refractivity contribution in [1.29, 1.82) is 0 Å². The summed E-state index contributed by atoms with van der Waals surface area (Å²) >= 11 is 0. The van der Waals surface area contributed by atoms with E-state index in [1.165, 1.54) is 218 Å². The first-order chi connectivity index (χ1) is 37.4. The average molecular weight is 1100 g/mol. The lowest BCUT2D eigenvalue weighted by atomic mass is 10.0. The first-order valence-corrected chi connectivity index (χ1v) is 34.4. The van der Waals surface area contributed by atoms with Crippen LogP contribution in [0.15, 0.2) is 48.6 Å². The van der Waals surface area contributed by atoms with Crippen LogP contribution in [0.3, 0.4) is 0 Å². The second kappa shape index (κ2) is 57.2. The topological polar surface area (TPSA) is 114 Å². The number of phosphoric ester groups is 1. The molecule has 0 aliphatic heterocycles. The fraction of sp³-hybridized carbons (Fsp3) is 0.851. The summed E-state index contributed by atoms with van der Waals surface area (Å²) in [5, 5.41) is 3.04. The third kappa shape index (κ3) is 58.4. The van der Waals surface area contributed by atoms with Crippen LogP contribution in [0, 0.1) is 0 Å². The molecule has 0 saturated heterocycles. The first kappa shape index (κ1) is 75.0. The van der Waals surface area contributed by atoms with E-state index in [9.17, 15) is 19.0 Å². The van der Waals surface area contributed by atoms with Crippen molar-refractivity contribution in [3.8, 4) is 0 Å². The number of quaternary nitrogens is 1. The molecule has 0 aliphatic rings. The molecule has 0 fully saturated rings. The highest BCUT2D eigenvalue weighted by molar-refractivity contribution is 7.45. The number of hydrogen-bond donors (Lipinski definition) is 1. The van der Waals surface area contributed by atoms with Gasteiger partial charge in [-0.3, -0.25) is 14.2 Å². The molecule has 0 radical (unpaired) electrons. The molecule has 3 unspecified atom stereocenters. The second-order valence-corrected chi connectivity index (χ2v) is 25.0. The molecule has 0 aromatic carbocycles. The van der Waals surface area contributed by atoms with E-state index in [0.29, 0.717) is 17.4 Å². The summed E-state index contributed by atoms with van der Waals surface area (Å²) in [5.41, 5.74) is 0. The van der Waals surface area contributed by atoms with E-state index in [1.54, 1.807) is 0 Å². The van der Waals surface area contributed by atoms with Gasteiger partial charge in [-0.2, -0.15) is 0 Å². The van der Waals surface area contributed by atoms with Gasteiger partial charge in [0.1, 0.15) is 19.3 Å². The van der Waals surface area contributed by atoms with Gasteiger partial charge in [0.05, 0.1) is 33.8 Å². The number of ether oxygens (including phenoxy) is 1. The molecule has 0 spiro atoms. The van der Waals surface area contributed by atoms with E-state index < -0.39 is 20.0 Å². The van der Waals surface area contributed by atoms with E-state index in [2.05, 4.69) is 62.5 Å². The van der Waals surface area contributed by atoms with Crippen LogP contribution in [0.25, 0.3) is 0 Å². The predicted molar refractivity (Wildman–Crippen MR) is 330 cm³/mol. The monoisotopic (exact) mass is 1100 g/mol. The lowest BCUT2D eigenvalue weighted by Gasteiger charge is -2.30. The van der Waals surface area contributed by atoms with E-state index in [-0.39, 0.29) is 31.5 Å². The molecular weight excluding hydrogens is 976 g/mol. The Kier molecular flexibility index (Phi) is 55.7. The van der Waals surface area contributed by atoms with Crippen LogP contribution in [-0.2, 0) is 27.9 Å².